The maximum Gasteiger partial charge on any atom is 0.328 e. The second-order valence-corrected chi connectivity index (χ2v) is 6.55. The quantitative estimate of drug-likeness (QED) is 0.486. The monoisotopic (exact) mass is 404 g/mol. The van der Waals surface area contributed by atoms with Crippen LogP contribution in [0.3, 0.4) is 0 Å². The number of hydrogen-bond donors (Lipinski definition) is 2. The first-order valence-corrected chi connectivity index (χ1v) is 8.94. The topological polar surface area (TPSA) is 127 Å². The first kappa shape index (κ1) is 19.1. The van der Waals surface area contributed by atoms with E-state index in [9.17, 15) is 14.4 Å². The first-order chi connectivity index (χ1) is 14.5. The van der Waals surface area contributed by atoms with Crippen LogP contribution >= 0.6 is 0 Å². The van der Waals surface area contributed by atoms with Gasteiger partial charge in [-0.1, -0.05) is 23.4 Å². The molecule has 0 aliphatic rings. The average molecular weight is 404 g/mol. The summed E-state index contributed by atoms with van der Waals surface area (Å²) in [4.78, 5) is 39.2. The lowest BCUT2D eigenvalue weighted by Crippen LogP contribution is -2.10. The summed E-state index contributed by atoms with van der Waals surface area (Å²) in [6.07, 6.45) is 2.35. The molecule has 2 aromatic heterocycles. The SMILES string of the molecule is COc1ccc(Cn2nnc3c(=O)[nH]c4cc(/C=C/C(=O)O)ccc4c(=O)c32)cc1. The number of nitrogens with zero attached hydrogens (tertiary/aromatic N) is 3. The van der Waals surface area contributed by atoms with Gasteiger partial charge in [0.05, 0.1) is 19.2 Å². The fraction of sp³-hybridized carbons (Fsp3) is 0.0952. The number of H-pyrrole nitrogens is 1. The second-order valence-electron chi connectivity index (χ2n) is 6.55. The van der Waals surface area contributed by atoms with Crippen LogP contribution in [0, 0.1) is 0 Å². The summed E-state index contributed by atoms with van der Waals surface area (Å²) in [5.41, 5.74) is 0.746. The zero-order valence-corrected chi connectivity index (χ0v) is 15.8. The fourth-order valence-corrected chi connectivity index (χ4v) is 3.15. The lowest BCUT2D eigenvalue weighted by atomic mass is 10.1. The van der Waals surface area contributed by atoms with Gasteiger partial charge in [0.1, 0.15) is 11.3 Å². The summed E-state index contributed by atoms with van der Waals surface area (Å²) in [6, 6.07) is 11.9. The van der Waals surface area contributed by atoms with Crippen LogP contribution in [0.2, 0.25) is 0 Å². The molecule has 0 aliphatic heterocycles. The Morgan fingerprint density at radius 2 is 1.97 bits per heavy atom. The average Bonchev–Trinajstić information content (AvgIpc) is 3.12. The fourth-order valence-electron chi connectivity index (χ4n) is 3.15. The standard InChI is InChI=1S/C21H16N4O5/c1-30-14-6-2-13(3-7-14)11-25-19-18(23-24-25)21(29)22-16-10-12(5-9-17(26)27)4-8-15(16)20(19)28/h2-10H,11H2,1H3,(H,22,29)(H,26,27)/b9-5+. The Morgan fingerprint density at radius 1 is 1.20 bits per heavy atom. The van der Waals surface area contributed by atoms with Crippen molar-refractivity contribution in [2.45, 2.75) is 6.54 Å². The number of carbonyl (C=O) groups is 1. The van der Waals surface area contributed by atoms with E-state index in [4.69, 9.17) is 9.84 Å². The number of fused-ring (bicyclic) bond motifs is 2. The van der Waals surface area contributed by atoms with Crippen LogP contribution in [-0.2, 0) is 11.3 Å². The number of aliphatic carboxylic acids is 1. The van der Waals surface area contributed by atoms with Gasteiger partial charge >= 0.3 is 5.97 Å². The van der Waals surface area contributed by atoms with E-state index in [2.05, 4.69) is 15.3 Å². The highest BCUT2D eigenvalue weighted by Gasteiger charge is 2.14. The van der Waals surface area contributed by atoms with E-state index in [1.54, 1.807) is 31.4 Å². The van der Waals surface area contributed by atoms with Crippen LogP contribution in [0.4, 0.5) is 0 Å². The first-order valence-electron chi connectivity index (χ1n) is 8.94. The normalized spacial score (nSPS) is 11.4. The van der Waals surface area contributed by atoms with E-state index in [0.29, 0.717) is 11.3 Å². The van der Waals surface area contributed by atoms with Gasteiger partial charge in [-0.2, -0.15) is 0 Å². The molecule has 9 nitrogen and oxygen atoms in total. The van der Waals surface area contributed by atoms with Crippen LogP contribution in [0.25, 0.3) is 28.0 Å². The molecular formula is C21H16N4O5. The van der Waals surface area contributed by atoms with Gasteiger partial charge in [0, 0.05) is 11.5 Å². The summed E-state index contributed by atoms with van der Waals surface area (Å²) in [5.74, 6) is -0.395. The van der Waals surface area contributed by atoms with Gasteiger partial charge in [0.15, 0.2) is 5.52 Å². The summed E-state index contributed by atoms with van der Waals surface area (Å²) in [6.45, 7) is 0.250. The van der Waals surface area contributed by atoms with Crippen LogP contribution in [0.15, 0.2) is 58.1 Å². The van der Waals surface area contributed by atoms with Crippen molar-refractivity contribution in [1.82, 2.24) is 20.0 Å². The van der Waals surface area contributed by atoms with Gasteiger partial charge in [-0.3, -0.25) is 9.59 Å². The predicted octanol–water partition coefficient (Wildman–Crippen LogP) is 1.79. The Labute approximate surface area is 168 Å². The van der Waals surface area contributed by atoms with E-state index in [1.807, 2.05) is 12.1 Å². The molecule has 0 fully saturated rings. The van der Waals surface area contributed by atoms with E-state index in [-0.39, 0.29) is 28.5 Å². The number of carboxylic acids is 1. The number of nitrogens with one attached hydrogen (secondary N) is 1. The Hall–Kier alpha value is -4.27. The molecular weight excluding hydrogens is 388 g/mol. The number of carboxylic acid groups (broad SMARTS) is 1. The van der Waals surface area contributed by atoms with Crippen molar-refractivity contribution in [2.24, 2.45) is 0 Å². The van der Waals surface area contributed by atoms with Crippen molar-refractivity contribution in [3.8, 4) is 5.75 Å². The molecule has 0 aliphatic carbocycles. The highest BCUT2D eigenvalue weighted by Crippen LogP contribution is 2.15. The molecule has 0 saturated heterocycles. The molecule has 2 aromatic carbocycles. The molecule has 9 heteroatoms. The predicted molar refractivity (Wildman–Crippen MR) is 111 cm³/mol. The van der Waals surface area contributed by atoms with Crippen molar-refractivity contribution in [1.29, 1.82) is 0 Å². The highest BCUT2D eigenvalue weighted by molar-refractivity contribution is 5.90. The summed E-state index contributed by atoms with van der Waals surface area (Å²) < 4.78 is 6.54. The molecule has 0 unspecified atom stereocenters. The van der Waals surface area contributed by atoms with Crippen LogP contribution in [0.5, 0.6) is 5.75 Å². The molecule has 2 heterocycles. The van der Waals surface area contributed by atoms with Crippen LogP contribution in [-0.4, -0.2) is 38.2 Å². The molecule has 0 spiro atoms. The van der Waals surface area contributed by atoms with Gasteiger partial charge in [-0.15, -0.1) is 5.10 Å². The Kier molecular flexibility index (Phi) is 4.85. The van der Waals surface area contributed by atoms with E-state index in [0.717, 1.165) is 11.6 Å². The number of rotatable bonds is 5. The Balaban J connectivity index is 1.88. The Bertz CT molecular complexity index is 1420. The molecule has 4 rings (SSSR count). The van der Waals surface area contributed by atoms with E-state index >= 15 is 0 Å². The van der Waals surface area contributed by atoms with Crippen LogP contribution in [0.1, 0.15) is 11.1 Å². The highest BCUT2D eigenvalue weighted by atomic mass is 16.5. The number of aromatic amines is 1. The van der Waals surface area contributed by atoms with Gasteiger partial charge in [0.2, 0.25) is 5.43 Å². The van der Waals surface area contributed by atoms with Crippen molar-refractivity contribution >= 4 is 34.0 Å². The van der Waals surface area contributed by atoms with E-state index in [1.165, 1.54) is 16.8 Å². The van der Waals surface area contributed by atoms with Gasteiger partial charge in [0.25, 0.3) is 5.56 Å². The molecule has 0 amide bonds. The van der Waals surface area contributed by atoms with Crippen molar-refractivity contribution in [3.05, 3.63) is 80.2 Å². The summed E-state index contributed by atoms with van der Waals surface area (Å²) in [7, 11) is 1.57. The maximum atomic E-state index is 13.2. The van der Waals surface area contributed by atoms with E-state index < -0.39 is 17.0 Å². The maximum absolute atomic E-state index is 13.2. The number of aromatic nitrogens is 4. The van der Waals surface area contributed by atoms with Crippen molar-refractivity contribution in [2.75, 3.05) is 7.11 Å². The minimum Gasteiger partial charge on any atom is -0.497 e. The minimum absolute atomic E-state index is 0.0626. The molecule has 0 saturated carbocycles. The Morgan fingerprint density at radius 3 is 2.67 bits per heavy atom. The molecule has 0 atom stereocenters. The van der Waals surface area contributed by atoms with Gasteiger partial charge in [-0.25, -0.2) is 9.48 Å². The lowest BCUT2D eigenvalue weighted by Gasteiger charge is -2.04. The smallest absolute Gasteiger partial charge is 0.328 e. The van der Waals surface area contributed by atoms with Gasteiger partial charge < -0.3 is 14.8 Å². The zero-order valence-electron chi connectivity index (χ0n) is 15.8. The third-order valence-electron chi connectivity index (χ3n) is 4.61. The van der Waals surface area contributed by atoms with Crippen molar-refractivity contribution in [3.63, 3.8) is 0 Å². The number of methoxy groups -OCH3 is 1. The number of benzene rings is 2. The molecule has 0 radical (unpaired) electrons. The number of ether oxygens (including phenoxy) is 1. The summed E-state index contributed by atoms with van der Waals surface area (Å²) >= 11 is 0. The molecule has 2 N–H and O–H groups in total. The van der Waals surface area contributed by atoms with Crippen molar-refractivity contribution < 1.29 is 14.6 Å². The summed E-state index contributed by atoms with van der Waals surface area (Å²) in [5, 5.41) is 17.0. The zero-order chi connectivity index (χ0) is 21.3. The van der Waals surface area contributed by atoms with Gasteiger partial charge in [-0.05, 0) is 41.5 Å². The third kappa shape index (κ3) is 3.55. The van der Waals surface area contributed by atoms with Crippen LogP contribution < -0.4 is 15.7 Å². The molecule has 30 heavy (non-hydrogen) atoms. The molecule has 4 aromatic rings. The molecule has 150 valence electrons. The molecule has 0 bridgehead atoms. The number of hydrogen-bond acceptors (Lipinski definition) is 6. The largest absolute Gasteiger partial charge is 0.497 e. The third-order valence-corrected chi connectivity index (χ3v) is 4.61. The second kappa shape index (κ2) is 7.63. The lowest BCUT2D eigenvalue weighted by molar-refractivity contribution is -0.131. The minimum atomic E-state index is -1.10.